The maximum absolute atomic E-state index is 15.7. The van der Waals surface area contributed by atoms with Crippen molar-refractivity contribution in [2.24, 2.45) is 0 Å². The second-order valence-electron chi connectivity index (χ2n) is 7.24. The first-order chi connectivity index (χ1) is 17.6. The molecule has 2 unspecified atom stereocenters. The van der Waals surface area contributed by atoms with Crippen molar-refractivity contribution in [1.29, 1.82) is 15.8 Å². The number of fused-ring (bicyclic) bond motifs is 5. The number of hydrogen-bond acceptors (Lipinski definition) is 4. The zero-order valence-corrected chi connectivity index (χ0v) is 17.5. The van der Waals surface area contributed by atoms with Crippen molar-refractivity contribution in [2.75, 3.05) is 0 Å². The molecule has 1 heterocycles. The SMILES string of the molecule is [C-]#[N+]C([N+]#[C-])=c1c(F)c2oc3c(F)c(=C(C#N)C#N)c(F)c-3c3c(c-2c1F)C(F)/C(=C(/C#N)[N+]#[C-])C3F. The van der Waals surface area contributed by atoms with Crippen molar-refractivity contribution < 1.29 is 30.8 Å². The molecule has 3 aliphatic carbocycles. The predicted octanol–water partition coefficient (Wildman–Crippen LogP) is 4.88. The van der Waals surface area contributed by atoms with E-state index >= 15 is 26.3 Å². The number of hydrogen-bond donors (Lipinski definition) is 0. The van der Waals surface area contributed by atoms with Crippen molar-refractivity contribution in [3.63, 3.8) is 0 Å². The van der Waals surface area contributed by atoms with Gasteiger partial charge in [0.05, 0.1) is 29.0 Å². The van der Waals surface area contributed by atoms with E-state index in [0.717, 1.165) is 0 Å². The van der Waals surface area contributed by atoms with Gasteiger partial charge in [-0.15, -0.1) is 0 Å². The average Bonchev–Trinajstić information content (AvgIpc) is 3.30. The van der Waals surface area contributed by atoms with Gasteiger partial charge in [-0.25, -0.2) is 36.4 Å². The maximum Gasteiger partial charge on any atom is 0.532 e. The third kappa shape index (κ3) is 2.96. The van der Waals surface area contributed by atoms with Crippen LogP contribution in [0, 0.1) is 77.0 Å². The summed E-state index contributed by atoms with van der Waals surface area (Å²) in [6, 6.07) is 3.67. The Hall–Kier alpha value is -5.76. The Balaban J connectivity index is 2.48. The van der Waals surface area contributed by atoms with E-state index in [4.69, 9.17) is 39.9 Å². The Morgan fingerprint density at radius 1 is 0.703 bits per heavy atom. The summed E-state index contributed by atoms with van der Waals surface area (Å²) in [5.41, 5.74) is -8.33. The molecule has 4 aliphatic rings. The highest BCUT2D eigenvalue weighted by Crippen LogP contribution is 2.57. The average molecular weight is 504 g/mol. The van der Waals surface area contributed by atoms with Crippen LogP contribution >= 0.6 is 0 Å². The van der Waals surface area contributed by atoms with Gasteiger partial charge in [0.15, 0.2) is 23.2 Å². The van der Waals surface area contributed by atoms with Crippen LogP contribution in [0.2, 0.25) is 0 Å². The Labute approximate surface area is 202 Å². The number of nitrogens with zero attached hydrogens (tertiary/aromatic N) is 6. The fraction of sp³-hybridized carbons (Fsp3) is 0.0833. The molecule has 13 heteroatoms. The molecule has 0 saturated carbocycles. The second-order valence-corrected chi connectivity index (χ2v) is 7.24. The van der Waals surface area contributed by atoms with Gasteiger partial charge < -0.3 is 4.42 Å². The lowest BCUT2D eigenvalue weighted by Gasteiger charge is -2.07. The van der Waals surface area contributed by atoms with E-state index in [-0.39, 0.29) is 0 Å². The van der Waals surface area contributed by atoms with Crippen LogP contribution in [0.25, 0.3) is 48.6 Å². The molecule has 0 radical (unpaired) electrons. The van der Waals surface area contributed by atoms with E-state index in [1.165, 1.54) is 18.2 Å². The van der Waals surface area contributed by atoms with Gasteiger partial charge in [0.1, 0.15) is 60.1 Å². The van der Waals surface area contributed by atoms with E-state index < -0.39 is 102 Å². The quantitative estimate of drug-likeness (QED) is 0.248. The highest BCUT2D eigenvalue weighted by atomic mass is 19.2. The molecule has 176 valence electrons. The molecule has 1 aliphatic heterocycles. The molecule has 0 spiro atoms. The highest BCUT2D eigenvalue weighted by Gasteiger charge is 2.48. The van der Waals surface area contributed by atoms with Gasteiger partial charge in [0.25, 0.3) is 5.70 Å². The zero-order chi connectivity index (χ0) is 27.3. The van der Waals surface area contributed by atoms with Crippen LogP contribution in [0.5, 0.6) is 0 Å². The van der Waals surface area contributed by atoms with Gasteiger partial charge in [0, 0.05) is 16.7 Å². The lowest BCUT2D eigenvalue weighted by molar-refractivity contribution is 0.340. The van der Waals surface area contributed by atoms with Gasteiger partial charge >= 0.3 is 5.82 Å². The normalized spacial score (nSPS) is 17.1. The molecule has 37 heavy (non-hydrogen) atoms. The fourth-order valence-electron chi connectivity index (χ4n) is 4.18. The van der Waals surface area contributed by atoms with E-state index in [0.29, 0.717) is 0 Å². The molecule has 0 bridgehead atoms. The van der Waals surface area contributed by atoms with E-state index in [9.17, 15) is 0 Å². The minimum absolute atomic E-state index is 1.15. The summed E-state index contributed by atoms with van der Waals surface area (Å²) in [4.78, 5) is 8.05. The Bertz CT molecular complexity index is 1760. The van der Waals surface area contributed by atoms with Crippen LogP contribution in [-0.2, 0) is 0 Å². The Morgan fingerprint density at radius 3 is 1.57 bits per heavy atom. The van der Waals surface area contributed by atoms with Crippen LogP contribution in [0.4, 0.5) is 26.3 Å². The van der Waals surface area contributed by atoms with Crippen LogP contribution in [0.3, 0.4) is 0 Å². The molecule has 0 N–H and O–H groups in total. The van der Waals surface area contributed by atoms with E-state index in [1.54, 1.807) is 0 Å². The van der Waals surface area contributed by atoms with Crippen LogP contribution in [0.15, 0.2) is 15.7 Å². The van der Waals surface area contributed by atoms with Crippen molar-refractivity contribution >= 4 is 11.4 Å². The topological polar surface area (TPSA) is 97.6 Å². The summed E-state index contributed by atoms with van der Waals surface area (Å²) < 4.78 is 98.1. The summed E-state index contributed by atoms with van der Waals surface area (Å²) in [6.07, 6.45) is -5.77. The van der Waals surface area contributed by atoms with E-state index in [1.807, 2.05) is 0 Å². The molecule has 0 amide bonds. The van der Waals surface area contributed by atoms with Gasteiger partial charge in [-0.3, -0.25) is 0 Å². The summed E-state index contributed by atoms with van der Waals surface area (Å²) in [7, 11) is 0. The van der Waals surface area contributed by atoms with Crippen LogP contribution in [-0.4, -0.2) is 0 Å². The number of alkyl halides is 2. The molecule has 0 aromatic heterocycles. The van der Waals surface area contributed by atoms with Crippen LogP contribution in [0.1, 0.15) is 23.5 Å². The molecule has 0 aromatic rings. The monoisotopic (exact) mass is 504 g/mol. The summed E-state index contributed by atoms with van der Waals surface area (Å²) in [5, 5.41) is 24.7. The first-order valence-corrected chi connectivity index (χ1v) is 9.52. The molecule has 4 rings (SSSR count). The van der Waals surface area contributed by atoms with Gasteiger partial charge in [-0.1, -0.05) is 0 Å². The first kappa shape index (κ1) is 24.4. The smallest absolute Gasteiger partial charge is 0.450 e. The second kappa shape index (κ2) is 8.47. The minimum atomic E-state index is -2.88. The summed E-state index contributed by atoms with van der Waals surface area (Å²) in [6.45, 7) is 21.0. The molecule has 7 nitrogen and oxygen atoms in total. The lowest BCUT2D eigenvalue weighted by Crippen LogP contribution is -2.10. The third-order valence-electron chi connectivity index (χ3n) is 5.66. The molecular formula is C24H2F6N6O. The molecule has 0 aromatic carbocycles. The number of halogens is 6. The lowest BCUT2D eigenvalue weighted by atomic mass is 10.0. The van der Waals surface area contributed by atoms with E-state index in [2.05, 4.69) is 14.5 Å². The molecule has 2 atom stereocenters. The molecule has 0 saturated heterocycles. The number of allylic oxidation sites excluding steroid dienone is 2. The number of rotatable bonds is 0. The van der Waals surface area contributed by atoms with Crippen molar-refractivity contribution in [3.05, 3.63) is 90.4 Å². The van der Waals surface area contributed by atoms with Crippen LogP contribution < -0.4 is 10.4 Å². The van der Waals surface area contributed by atoms with Crippen molar-refractivity contribution in [2.45, 2.75) is 12.3 Å². The number of nitriles is 3. The van der Waals surface area contributed by atoms with Gasteiger partial charge in [0.2, 0.25) is 0 Å². The fourth-order valence-corrected chi connectivity index (χ4v) is 4.18. The Kier molecular flexibility index (Phi) is 5.58. The summed E-state index contributed by atoms with van der Waals surface area (Å²) >= 11 is 0. The maximum atomic E-state index is 15.7. The predicted molar refractivity (Wildman–Crippen MR) is 109 cm³/mol. The largest absolute Gasteiger partial charge is 0.532 e. The zero-order valence-electron chi connectivity index (χ0n) is 17.5. The molecule has 0 fully saturated rings. The third-order valence-corrected chi connectivity index (χ3v) is 5.66. The highest BCUT2D eigenvalue weighted by molar-refractivity contribution is 5.84. The van der Waals surface area contributed by atoms with Gasteiger partial charge in [-0.2, -0.15) is 20.2 Å². The minimum Gasteiger partial charge on any atom is -0.450 e. The van der Waals surface area contributed by atoms with Gasteiger partial charge in [-0.05, 0) is 0 Å². The summed E-state index contributed by atoms with van der Waals surface area (Å²) in [5.74, 6) is -11.1. The van der Waals surface area contributed by atoms with Crippen molar-refractivity contribution in [1.82, 2.24) is 0 Å². The van der Waals surface area contributed by atoms with Crippen molar-refractivity contribution in [3.8, 4) is 40.9 Å². The Morgan fingerprint density at radius 2 is 1.16 bits per heavy atom. The standard InChI is InChI=1S/C24H2F6N6O/c1-34-8(6-33)10-17(26)11-12(18(10)27)14-19(28)15(24(35-2)36-3)21(30)23(14)37-22-13(11)16(25)9(20(22)29)7(4-31)5-32/h17-18H/b10-8-. The first-order valence-electron chi connectivity index (χ1n) is 9.52. The molecular weight excluding hydrogens is 502 g/mol.